The van der Waals surface area contributed by atoms with E-state index in [1.54, 1.807) is 18.2 Å². The van der Waals surface area contributed by atoms with Crippen molar-refractivity contribution in [3.8, 4) is 23.5 Å². The molecule has 23 heavy (non-hydrogen) atoms. The molecule has 1 aromatic heterocycles. The SMILES string of the molecule is CCC#COc1ccc2oc3c(C)c(C)ccc3c(=O)c2c1O. The van der Waals surface area contributed by atoms with Gasteiger partial charge in [0.15, 0.2) is 11.5 Å². The number of aryl methyl sites for hydroxylation is 2. The summed E-state index contributed by atoms with van der Waals surface area (Å²) in [7, 11) is 0. The van der Waals surface area contributed by atoms with E-state index in [9.17, 15) is 9.90 Å². The lowest BCUT2D eigenvalue weighted by atomic mass is 10.0. The molecule has 3 rings (SSSR count). The number of rotatable bonds is 1. The molecule has 1 heterocycles. The van der Waals surface area contributed by atoms with E-state index < -0.39 is 0 Å². The number of hydrogen-bond donors (Lipinski definition) is 1. The van der Waals surface area contributed by atoms with Crippen LogP contribution in [-0.4, -0.2) is 5.11 Å². The molecule has 0 fully saturated rings. The second-order valence-corrected chi connectivity index (χ2v) is 5.34. The number of fused-ring (bicyclic) bond motifs is 2. The van der Waals surface area contributed by atoms with Crippen molar-refractivity contribution in [3.63, 3.8) is 0 Å². The first-order valence-electron chi connectivity index (χ1n) is 7.38. The number of phenolic OH excluding ortho intramolecular Hbond substituents is 1. The summed E-state index contributed by atoms with van der Waals surface area (Å²) in [4.78, 5) is 12.7. The largest absolute Gasteiger partial charge is 0.504 e. The third kappa shape index (κ3) is 2.40. The lowest BCUT2D eigenvalue weighted by Crippen LogP contribution is -2.04. The summed E-state index contributed by atoms with van der Waals surface area (Å²) >= 11 is 0. The van der Waals surface area contributed by atoms with Gasteiger partial charge in [0, 0.05) is 6.42 Å². The second-order valence-electron chi connectivity index (χ2n) is 5.34. The summed E-state index contributed by atoms with van der Waals surface area (Å²) in [6.07, 6.45) is 3.13. The Kier molecular flexibility index (Phi) is 3.71. The highest BCUT2D eigenvalue weighted by molar-refractivity contribution is 5.95. The first-order valence-corrected chi connectivity index (χ1v) is 7.38. The van der Waals surface area contributed by atoms with Gasteiger partial charge in [0.1, 0.15) is 22.7 Å². The van der Waals surface area contributed by atoms with Gasteiger partial charge in [0.25, 0.3) is 0 Å². The zero-order chi connectivity index (χ0) is 16.6. The van der Waals surface area contributed by atoms with E-state index >= 15 is 0 Å². The summed E-state index contributed by atoms with van der Waals surface area (Å²) < 4.78 is 11.1. The third-order valence-electron chi connectivity index (χ3n) is 3.87. The summed E-state index contributed by atoms with van der Waals surface area (Å²) in [5, 5.41) is 10.9. The maximum Gasteiger partial charge on any atom is 0.204 e. The minimum Gasteiger partial charge on any atom is -0.504 e. The Morgan fingerprint density at radius 2 is 2.00 bits per heavy atom. The van der Waals surface area contributed by atoms with Gasteiger partial charge in [-0.15, -0.1) is 0 Å². The molecule has 0 aliphatic heterocycles. The van der Waals surface area contributed by atoms with Crippen LogP contribution in [0.3, 0.4) is 0 Å². The van der Waals surface area contributed by atoms with Crippen molar-refractivity contribution in [1.29, 1.82) is 0 Å². The van der Waals surface area contributed by atoms with Gasteiger partial charge in [-0.1, -0.05) is 18.9 Å². The van der Waals surface area contributed by atoms with Crippen LogP contribution in [0.2, 0.25) is 0 Å². The molecule has 0 amide bonds. The minimum absolute atomic E-state index is 0.108. The van der Waals surface area contributed by atoms with Crippen molar-refractivity contribution in [2.75, 3.05) is 0 Å². The molecule has 0 unspecified atom stereocenters. The molecule has 4 heteroatoms. The third-order valence-corrected chi connectivity index (χ3v) is 3.87. The Bertz CT molecular complexity index is 1030. The van der Waals surface area contributed by atoms with Crippen LogP contribution in [0.25, 0.3) is 21.9 Å². The van der Waals surface area contributed by atoms with Crippen molar-refractivity contribution in [1.82, 2.24) is 0 Å². The maximum atomic E-state index is 12.7. The molecule has 4 nitrogen and oxygen atoms in total. The Labute approximate surface area is 133 Å². The van der Waals surface area contributed by atoms with E-state index in [2.05, 4.69) is 12.0 Å². The van der Waals surface area contributed by atoms with Gasteiger partial charge in [-0.2, -0.15) is 0 Å². The molecule has 0 aliphatic rings. The molecule has 2 aromatic carbocycles. The molecule has 0 saturated heterocycles. The average Bonchev–Trinajstić information content (AvgIpc) is 2.53. The zero-order valence-electron chi connectivity index (χ0n) is 13.2. The van der Waals surface area contributed by atoms with Crippen molar-refractivity contribution in [3.05, 3.63) is 45.6 Å². The second kappa shape index (κ2) is 5.69. The van der Waals surface area contributed by atoms with Crippen LogP contribution in [0.4, 0.5) is 0 Å². The molecule has 0 bridgehead atoms. The van der Waals surface area contributed by atoms with E-state index in [0.29, 0.717) is 23.0 Å². The van der Waals surface area contributed by atoms with Crippen molar-refractivity contribution in [2.45, 2.75) is 27.2 Å². The van der Waals surface area contributed by atoms with E-state index in [0.717, 1.165) is 11.1 Å². The summed E-state index contributed by atoms with van der Waals surface area (Å²) in [5.41, 5.74) is 2.54. The topological polar surface area (TPSA) is 59.7 Å². The Hall–Kier alpha value is -2.93. The summed E-state index contributed by atoms with van der Waals surface area (Å²) in [5.74, 6) is 2.64. The van der Waals surface area contributed by atoms with Crippen LogP contribution in [0.5, 0.6) is 11.5 Å². The molecule has 0 radical (unpaired) electrons. The lowest BCUT2D eigenvalue weighted by Gasteiger charge is -2.08. The normalized spacial score (nSPS) is 10.6. The molecule has 0 saturated carbocycles. The van der Waals surface area contributed by atoms with Crippen molar-refractivity contribution in [2.24, 2.45) is 0 Å². The number of phenols is 1. The lowest BCUT2D eigenvalue weighted by molar-refractivity contribution is 0.428. The summed E-state index contributed by atoms with van der Waals surface area (Å²) in [6.45, 7) is 5.76. The highest BCUT2D eigenvalue weighted by Crippen LogP contribution is 2.34. The molecule has 116 valence electrons. The van der Waals surface area contributed by atoms with Crippen molar-refractivity contribution >= 4 is 21.9 Å². The summed E-state index contributed by atoms with van der Waals surface area (Å²) in [6, 6.07) is 6.74. The van der Waals surface area contributed by atoms with E-state index in [4.69, 9.17) is 9.15 Å². The van der Waals surface area contributed by atoms with Gasteiger partial charge in [-0.25, -0.2) is 0 Å². The number of benzene rings is 2. The highest BCUT2D eigenvalue weighted by Gasteiger charge is 2.16. The van der Waals surface area contributed by atoms with Crippen LogP contribution >= 0.6 is 0 Å². The van der Waals surface area contributed by atoms with Gasteiger partial charge in [-0.3, -0.25) is 4.79 Å². The van der Waals surface area contributed by atoms with Gasteiger partial charge in [0.05, 0.1) is 5.39 Å². The Morgan fingerprint density at radius 3 is 2.74 bits per heavy atom. The standard InChI is InChI=1S/C19H16O4/c1-4-5-10-22-15-9-8-14-16(18(15)21)17(20)13-7-6-11(2)12(3)19(13)23-14/h6-9,21H,4H2,1-3H3. The number of hydrogen-bond acceptors (Lipinski definition) is 4. The predicted molar refractivity (Wildman–Crippen MR) is 89.8 cm³/mol. The average molecular weight is 308 g/mol. The van der Waals surface area contributed by atoms with Crippen LogP contribution in [0.15, 0.2) is 33.5 Å². The first-order chi connectivity index (χ1) is 11.0. The monoisotopic (exact) mass is 308 g/mol. The minimum atomic E-state index is -0.282. The predicted octanol–water partition coefficient (Wildman–Crippen LogP) is 4.02. The molecule has 3 aromatic rings. The van der Waals surface area contributed by atoms with Gasteiger partial charge in [0.2, 0.25) is 5.43 Å². The molecule has 0 aliphatic carbocycles. The molecule has 0 spiro atoms. The Balaban J connectivity index is 2.34. The van der Waals surface area contributed by atoms with Crippen LogP contribution < -0.4 is 10.2 Å². The molecule has 1 N–H and O–H groups in total. The molecular weight excluding hydrogens is 292 g/mol. The van der Waals surface area contributed by atoms with Crippen LogP contribution in [0.1, 0.15) is 24.5 Å². The fourth-order valence-electron chi connectivity index (χ4n) is 2.45. The molecule has 0 atom stereocenters. The Morgan fingerprint density at radius 1 is 1.22 bits per heavy atom. The number of aromatic hydroxyl groups is 1. The fourth-order valence-corrected chi connectivity index (χ4v) is 2.45. The van der Waals surface area contributed by atoms with E-state index in [1.807, 2.05) is 26.8 Å². The quantitative estimate of drug-likeness (QED) is 0.545. The first kappa shape index (κ1) is 15.0. The smallest absolute Gasteiger partial charge is 0.204 e. The van der Waals surface area contributed by atoms with Gasteiger partial charge >= 0.3 is 0 Å². The maximum absolute atomic E-state index is 12.7. The van der Waals surface area contributed by atoms with Crippen LogP contribution in [-0.2, 0) is 0 Å². The fraction of sp³-hybridized carbons (Fsp3) is 0.211. The van der Waals surface area contributed by atoms with Gasteiger partial charge < -0.3 is 14.3 Å². The number of ether oxygens (including phenoxy) is 1. The van der Waals surface area contributed by atoms with Gasteiger partial charge in [-0.05, 0) is 43.2 Å². The highest BCUT2D eigenvalue weighted by atomic mass is 16.5. The van der Waals surface area contributed by atoms with E-state index in [1.165, 1.54) is 0 Å². The van der Waals surface area contributed by atoms with Crippen molar-refractivity contribution < 1.29 is 14.3 Å². The van der Waals surface area contributed by atoms with Crippen LogP contribution in [0, 0.1) is 25.9 Å². The molecular formula is C19H16O4. The zero-order valence-corrected chi connectivity index (χ0v) is 13.2. The van der Waals surface area contributed by atoms with E-state index in [-0.39, 0.29) is 22.3 Å².